The first kappa shape index (κ1) is 27.1. The quantitative estimate of drug-likeness (QED) is 0.320. The second kappa shape index (κ2) is 12.0. The molecule has 0 aromatic heterocycles. The lowest BCUT2D eigenvalue weighted by molar-refractivity contribution is -0.143. The van der Waals surface area contributed by atoms with E-state index in [-0.39, 0.29) is 29.5 Å². The maximum Gasteiger partial charge on any atom is 0.416 e. The van der Waals surface area contributed by atoms with Crippen LogP contribution in [-0.4, -0.2) is 18.8 Å². The molecule has 1 aromatic carbocycles. The second-order valence-electron chi connectivity index (χ2n) is 6.00. The van der Waals surface area contributed by atoms with Crippen LogP contribution in [-0.2, 0) is 17.1 Å². The number of nitrogens with two attached hydrogens (primary N) is 2. The van der Waals surface area contributed by atoms with Crippen molar-refractivity contribution >= 4 is 23.4 Å². The molecule has 29 heavy (non-hydrogen) atoms. The zero-order chi connectivity index (χ0) is 22.8. The first-order valence-corrected chi connectivity index (χ1v) is 9.61. The molecule has 4 nitrogen and oxygen atoms in total. The highest BCUT2D eigenvalue weighted by atomic mass is 32.2. The number of halogens is 6. The lowest BCUT2D eigenvalue weighted by Crippen LogP contribution is -2.24. The van der Waals surface area contributed by atoms with Crippen LogP contribution in [0.5, 0.6) is 0 Å². The monoisotopic (exact) mass is 445 g/mol. The van der Waals surface area contributed by atoms with E-state index in [9.17, 15) is 31.1 Å². The molecule has 0 heterocycles. The van der Waals surface area contributed by atoms with Crippen LogP contribution in [0, 0.1) is 5.92 Å². The van der Waals surface area contributed by atoms with E-state index in [0.29, 0.717) is 18.6 Å². The molecule has 0 aliphatic carbocycles. The summed E-state index contributed by atoms with van der Waals surface area (Å²) in [6.45, 7) is 3.86. The van der Waals surface area contributed by atoms with Gasteiger partial charge in [0, 0.05) is 12.1 Å². The minimum atomic E-state index is -4.94. The van der Waals surface area contributed by atoms with Crippen LogP contribution >= 0.6 is 11.8 Å². The average molecular weight is 445 g/mol. The maximum absolute atomic E-state index is 12.8. The van der Waals surface area contributed by atoms with E-state index in [0.717, 1.165) is 18.2 Å². The van der Waals surface area contributed by atoms with Crippen molar-refractivity contribution in [2.24, 2.45) is 17.4 Å². The number of hydrogen-bond donors (Lipinski definition) is 3. The van der Waals surface area contributed by atoms with Crippen LogP contribution < -0.4 is 16.8 Å². The third-order valence-electron chi connectivity index (χ3n) is 3.71. The van der Waals surface area contributed by atoms with E-state index in [2.05, 4.69) is 11.1 Å². The molecule has 1 rings (SSSR count). The highest BCUT2D eigenvalue weighted by molar-refractivity contribution is 8.02. The Kier molecular flexibility index (Phi) is 11.2. The van der Waals surface area contributed by atoms with Crippen molar-refractivity contribution in [2.75, 3.05) is 12.9 Å². The molecule has 0 aliphatic heterocycles. The smallest absolute Gasteiger partial charge is 0.398 e. The number of carbonyl (C=O) groups is 1. The molecule has 0 spiro atoms. The van der Waals surface area contributed by atoms with Gasteiger partial charge in [-0.05, 0) is 42.1 Å². The van der Waals surface area contributed by atoms with E-state index < -0.39 is 29.0 Å². The Balaban J connectivity index is 0.00000379. The fourth-order valence-electron chi connectivity index (χ4n) is 1.98. The van der Waals surface area contributed by atoms with Gasteiger partial charge < -0.3 is 16.8 Å². The Labute approximate surface area is 170 Å². The second-order valence-corrected chi connectivity index (χ2v) is 6.85. The van der Waals surface area contributed by atoms with Crippen molar-refractivity contribution in [1.29, 1.82) is 0 Å². The summed E-state index contributed by atoms with van der Waals surface area (Å²) < 4.78 is 77.1. The molecule has 5 N–H and O–H groups in total. The minimum absolute atomic E-state index is 0.0407. The van der Waals surface area contributed by atoms with E-state index in [1.807, 2.05) is 13.8 Å². The highest BCUT2D eigenvalue weighted by Gasteiger charge is 2.37. The number of amides is 1. The number of carbonyl (C=O) groups excluding carboxylic acids is 1. The van der Waals surface area contributed by atoms with Gasteiger partial charge in [-0.2, -0.15) is 26.3 Å². The summed E-state index contributed by atoms with van der Waals surface area (Å²) in [5, 5.41) is 3.80. The minimum Gasteiger partial charge on any atom is -0.398 e. The Hall–Kier alpha value is -1.88. The van der Waals surface area contributed by atoms with E-state index in [1.165, 1.54) is 12.5 Å². The summed E-state index contributed by atoms with van der Waals surface area (Å²) in [5.74, 6) is 0.116. The molecular formula is C18H25F6N3OS. The summed E-state index contributed by atoms with van der Waals surface area (Å²) in [5.41, 5.74) is 6.61. The van der Waals surface area contributed by atoms with Gasteiger partial charge >= 0.3 is 12.4 Å². The van der Waals surface area contributed by atoms with Gasteiger partial charge in [0.05, 0.1) is 17.0 Å². The topological polar surface area (TPSA) is 81.1 Å². The van der Waals surface area contributed by atoms with Crippen molar-refractivity contribution in [1.82, 2.24) is 5.32 Å². The number of alkyl halides is 6. The van der Waals surface area contributed by atoms with Crippen LogP contribution in [0.2, 0.25) is 0 Å². The summed E-state index contributed by atoms with van der Waals surface area (Å²) in [6.07, 6.45) is -8.70. The molecule has 0 aliphatic rings. The Morgan fingerprint density at radius 3 is 2.00 bits per heavy atom. The van der Waals surface area contributed by atoms with Crippen molar-refractivity contribution in [2.45, 2.75) is 39.0 Å². The number of hydrogen-bond acceptors (Lipinski definition) is 4. The number of benzene rings is 1. The molecule has 0 saturated carbocycles. The molecule has 0 saturated heterocycles. The van der Waals surface area contributed by atoms with Crippen LogP contribution in [0.1, 0.15) is 43.4 Å². The number of nitrogens with one attached hydrogen (secondary N) is 1. The fraction of sp³-hybridized carbons (Fsp3) is 0.500. The lowest BCUT2D eigenvalue weighted by Gasteiger charge is -2.14. The SMILES string of the molecule is CCC(C)CC(=O)NCS/C=C(\N)c1cc(C(F)(F)F)cc(C(F)(F)F)c1.CN. The largest absolute Gasteiger partial charge is 0.416 e. The fourth-order valence-corrected chi connectivity index (χ4v) is 2.62. The van der Waals surface area contributed by atoms with Gasteiger partial charge in [-0.25, -0.2) is 0 Å². The first-order valence-electron chi connectivity index (χ1n) is 8.56. The van der Waals surface area contributed by atoms with Crippen molar-refractivity contribution < 1.29 is 31.1 Å². The molecule has 11 heteroatoms. The normalized spacial score (nSPS) is 13.4. The van der Waals surface area contributed by atoms with Crippen molar-refractivity contribution in [3.05, 3.63) is 40.3 Å². The molecule has 1 unspecified atom stereocenters. The van der Waals surface area contributed by atoms with Crippen LogP contribution in [0.25, 0.3) is 5.70 Å². The zero-order valence-electron chi connectivity index (χ0n) is 16.2. The van der Waals surface area contributed by atoms with Gasteiger partial charge in [0.2, 0.25) is 5.91 Å². The van der Waals surface area contributed by atoms with Gasteiger partial charge in [0.1, 0.15) is 0 Å². The van der Waals surface area contributed by atoms with E-state index in [1.54, 1.807) is 0 Å². The van der Waals surface area contributed by atoms with E-state index in [4.69, 9.17) is 5.73 Å². The predicted octanol–water partition coefficient (Wildman–Crippen LogP) is 4.80. The summed E-state index contributed by atoms with van der Waals surface area (Å²) >= 11 is 0.964. The van der Waals surface area contributed by atoms with Gasteiger partial charge in [-0.3, -0.25) is 4.79 Å². The Morgan fingerprint density at radius 1 is 1.10 bits per heavy atom. The molecule has 1 amide bonds. The summed E-state index contributed by atoms with van der Waals surface area (Å²) in [4.78, 5) is 11.6. The summed E-state index contributed by atoms with van der Waals surface area (Å²) in [7, 11) is 1.50. The van der Waals surface area contributed by atoms with Gasteiger partial charge in [-0.1, -0.05) is 20.3 Å². The van der Waals surface area contributed by atoms with Gasteiger partial charge in [-0.15, -0.1) is 11.8 Å². The standard InChI is InChI=1S/C17H20F6N2OS.CH5N/c1-3-10(2)4-15(26)25-9-27-8-14(24)11-5-12(16(18,19)20)7-13(6-11)17(21,22)23;1-2/h5-8,10H,3-4,9,24H2,1-2H3,(H,25,26);2H2,1H3/b14-8-;. The van der Waals surface area contributed by atoms with E-state index >= 15 is 0 Å². The van der Waals surface area contributed by atoms with Crippen LogP contribution in [0.3, 0.4) is 0 Å². The zero-order valence-corrected chi connectivity index (χ0v) is 17.1. The lowest BCUT2D eigenvalue weighted by atomic mass is 10.0. The Bertz CT molecular complexity index is 657. The van der Waals surface area contributed by atoms with Crippen LogP contribution in [0.4, 0.5) is 26.3 Å². The van der Waals surface area contributed by atoms with Crippen LogP contribution in [0.15, 0.2) is 23.6 Å². The van der Waals surface area contributed by atoms with Crippen molar-refractivity contribution in [3.8, 4) is 0 Å². The third-order valence-corrected chi connectivity index (χ3v) is 4.45. The first-order chi connectivity index (χ1) is 13.3. The van der Waals surface area contributed by atoms with Gasteiger partial charge in [0.15, 0.2) is 0 Å². The summed E-state index contributed by atoms with van der Waals surface area (Å²) in [6, 6.07) is 1.16. The maximum atomic E-state index is 12.8. The molecular weight excluding hydrogens is 420 g/mol. The molecule has 1 atom stereocenters. The molecule has 0 radical (unpaired) electrons. The highest BCUT2D eigenvalue weighted by Crippen LogP contribution is 2.37. The van der Waals surface area contributed by atoms with Crippen molar-refractivity contribution in [3.63, 3.8) is 0 Å². The number of rotatable bonds is 7. The molecule has 166 valence electrons. The number of thioether (sulfide) groups is 1. The predicted molar refractivity (Wildman–Crippen MR) is 103 cm³/mol. The Morgan fingerprint density at radius 2 is 1.59 bits per heavy atom. The van der Waals surface area contributed by atoms with Gasteiger partial charge in [0.25, 0.3) is 0 Å². The average Bonchev–Trinajstić information content (AvgIpc) is 2.64. The third kappa shape index (κ3) is 9.93. The molecule has 0 fully saturated rings. The molecule has 1 aromatic rings. The molecule has 0 bridgehead atoms.